The molecule has 6 heteroatoms. The van der Waals surface area contributed by atoms with E-state index >= 15 is 0 Å². The van der Waals surface area contributed by atoms with Crippen molar-refractivity contribution in [3.8, 4) is 0 Å². The number of rotatable bonds is 4. The number of benzene rings is 2. The van der Waals surface area contributed by atoms with Crippen LogP contribution in [-0.2, 0) is 4.79 Å². The first-order valence-electron chi connectivity index (χ1n) is 8.45. The summed E-state index contributed by atoms with van der Waals surface area (Å²) >= 11 is 12.3. The van der Waals surface area contributed by atoms with Gasteiger partial charge in [0.2, 0.25) is 0 Å². The van der Waals surface area contributed by atoms with Crippen molar-refractivity contribution in [1.29, 1.82) is 0 Å². The fourth-order valence-corrected chi connectivity index (χ4v) is 3.65. The number of halogens is 2. The van der Waals surface area contributed by atoms with E-state index in [1.807, 2.05) is 13.0 Å². The number of carbonyl (C=O) groups excluding carboxylic acids is 1. The molecule has 1 aliphatic rings. The number of carbonyl (C=O) groups is 1. The van der Waals surface area contributed by atoms with Gasteiger partial charge in [0.25, 0.3) is 5.91 Å². The Kier molecular flexibility index (Phi) is 5.84. The highest BCUT2D eigenvalue weighted by Gasteiger charge is 2.29. The molecule has 0 radical (unpaired) electrons. The first-order chi connectivity index (χ1) is 12.1. The number of anilines is 2. The Bertz CT molecular complexity index is 710. The van der Waals surface area contributed by atoms with Crippen molar-refractivity contribution in [3.05, 3.63) is 58.6 Å². The fourth-order valence-electron chi connectivity index (χ4n) is 3.16. The molecule has 0 spiro atoms. The average Bonchev–Trinajstić information content (AvgIpc) is 2.65. The summed E-state index contributed by atoms with van der Waals surface area (Å²) < 4.78 is 0. The Morgan fingerprint density at radius 3 is 2.24 bits per heavy atom. The average molecular weight is 379 g/mol. The van der Waals surface area contributed by atoms with Crippen LogP contribution in [0.15, 0.2) is 48.5 Å². The summed E-state index contributed by atoms with van der Waals surface area (Å²) in [4.78, 5) is 16.2. The third kappa shape index (κ3) is 4.27. The molecule has 0 unspecified atom stereocenters. The molecule has 0 aliphatic carbocycles. The van der Waals surface area contributed by atoms with E-state index in [9.17, 15) is 4.79 Å². The van der Waals surface area contributed by atoms with Crippen molar-refractivity contribution in [1.82, 2.24) is 0 Å². The zero-order chi connectivity index (χ0) is 17.8. The molecule has 1 saturated heterocycles. The standard InChI is InChI=1S/C19H21Cl2N3O/c1-14(19(25)22-18-16(20)8-5-9-17(18)21)23-10-12-24(13-11-23)15-6-3-2-4-7-15/h2-9,14H,10-13H2,1H3,(H,22,25)/p+1/t14-/m0/s1. The van der Waals surface area contributed by atoms with Gasteiger partial charge in [-0.3, -0.25) is 4.79 Å². The minimum absolute atomic E-state index is 0.0573. The van der Waals surface area contributed by atoms with Gasteiger partial charge < -0.3 is 15.1 Å². The molecule has 132 valence electrons. The van der Waals surface area contributed by atoms with E-state index in [4.69, 9.17) is 23.2 Å². The summed E-state index contributed by atoms with van der Waals surface area (Å²) in [5.74, 6) is -0.0573. The molecule has 1 atom stereocenters. The number of para-hydroxylation sites is 2. The van der Waals surface area contributed by atoms with Crippen LogP contribution in [0.25, 0.3) is 0 Å². The molecule has 4 nitrogen and oxygen atoms in total. The van der Waals surface area contributed by atoms with Gasteiger partial charge in [-0.15, -0.1) is 0 Å². The molecule has 2 N–H and O–H groups in total. The predicted octanol–water partition coefficient (Wildman–Crippen LogP) is 2.73. The predicted molar refractivity (Wildman–Crippen MR) is 104 cm³/mol. The van der Waals surface area contributed by atoms with Gasteiger partial charge >= 0.3 is 0 Å². The second-order valence-electron chi connectivity index (χ2n) is 6.29. The Hall–Kier alpha value is -1.75. The molecule has 0 aromatic heterocycles. The van der Waals surface area contributed by atoms with Crippen LogP contribution in [0.1, 0.15) is 6.92 Å². The van der Waals surface area contributed by atoms with E-state index < -0.39 is 0 Å². The normalized spacial score (nSPS) is 16.5. The van der Waals surface area contributed by atoms with Crippen LogP contribution < -0.4 is 15.1 Å². The molecule has 25 heavy (non-hydrogen) atoms. The molecule has 1 aliphatic heterocycles. The van der Waals surface area contributed by atoms with Crippen LogP contribution in [0, 0.1) is 0 Å². The van der Waals surface area contributed by atoms with Crippen LogP contribution in [0.3, 0.4) is 0 Å². The Morgan fingerprint density at radius 2 is 1.64 bits per heavy atom. The minimum Gasteiger partial charge on any atom is -0.360 e. The zero-order valence-corrected chi connectivity index (χ0v) is 15.6. The number of hydrogen-bond donors (Lipinski definition) is 2. The highest BCUT2D eigenvalue weighted by Crippen LogP contribution is 2.29. The van der Waals surface area contributed by atoms with E-state index in [0.717, 1.165) is 26.2 Å². The molecule has 2 aromatic carbocycles. The second-order valence-corrected chi connectivity index (χ2v) is 7.10. The first-order valence-corrected chi connectivity index (χ1v) is 9.21. The van der Waals surface area contributed by atoms with Crippen molar-refractivity contribution in [3.63, 3.8) is 0 Å². The van der Waals surface area contributed by atoms with Crippen LogP contribution >= 0.6 is 23.2 Å². The topological polar surface area (TPSA) is 36.8 Å². The lowest BCUT2D eigenvalue weighted by molar-refractivity contribution is -0.914. The number of amides is 1. The monoisotopic (exact) mass is 378 g/mol. The van der Waals surface area contributed by atoms with E-state index in [1.54, 1.807) is 18.2 Å². The van der Waals surface area contributed by atoms with Crippen LogP contribution in [-0.4, -0.2) is 38.1 Å². The maximum Gasteiger partial charge on any atom is 0.282 e. The Morgan fingerprint density at radius 1 is 1.04 bits per heavy atom. The van der Waals surface area contributed by atoms with Crippen molar-refractivity contribution in [2.24, 2.45) is 0 Å². The first kappa shape index (κ1) is 18.1. The summed E-state index contributed by atoms with van der Waals surface area (Å²) in [7, 11) is 0. The van der Waals surface area contributed by atoms with Crippen molar-refractivity contribution < 1.29 is 9.69 Å². The summed E-state index contributed by atoms with van der Waals surface area (Å²) in [5.41, 5.74) is 1.73. The molecule has 0 saturated carbocycles. The number of quaternary nitrogens is 1. The highest BCUT2D eigenvalue weighted by atomic mass is 35.5. The van der Waals surface area contributed by atoms with E-state index in [1.165, 1.54) is 10.6 Å². The second kappa shape index (κ2) is 8.09. The zero-order valence-electron chi connectivity index (χ0n) is 14.1. The van der Waals surface area contributed by atoms with Gasteiger partial charge in [0.15, 0.2) is 6.04 Å². The Balaban J connectivity index is 1.59. The number of nitrogens with one attached hydrogen (secondary N) is 2. The molecule has 1 fully saturated rings. The van der Waals surface area contributed by atoms with Crippen LogP contribution in [0.4, 0.5) is 11.4 Å². The summed E-state index contributed by atoms with van der Waals surface area (Å²) in [6.07, 6.45) is 0. The SMILES string of the molecule is C[C@@H](C(=O)Nc1c(Cl)cccc1Cl)[NH+]1CCN(c2ccccc2)CC1. The number of hydrogen-bond acceptors (Lipinski definition) is 2. The molecular formula is C19H22Cl2N3O+. The molecule has 0 bridgehead atoms. The smallest absolute Gasteiger partial charge is 0.282 e. The van der Waals surface area contributed by atoms with Gasteiger partial charge in [0.05, 0.1) is 41.9 Å². The van der Waals surface area contributed by atoms with Gasteiger partial charge in [-0.2, -0.15) is 0 Å². The highest BCUT2D eigenvalue weighted by molar-refractivity contribution is 6.39. The van der Waals surface area contributed by atoms with Gasteiger partial charge in [-0.05, 0) is 31.2 Å². The minimum atomic E-state index is -0.162. The molecule has 3 rings (SSSR count). The summed E-state index contributed by atoms with van der Waals surface area (Å²) in [6.45, 7) is 5.65. The maximum atomic E-state index is 12.6. The fraction of sp³-hybridized carbons (Fsp3) is 0.316. The molecular weight excluding hydrogens is 357 g/mol. The molecule has 1 heterocycles. The lowest BCUT2D eigenvalue weighted by Gasteiger charge is -2.36. The van der Waals surface area contributed by atoms with E-state index in [-0.39, 0.29) is 11.9 Å². The van der Waals surface area contributed by atoms with Gasteiger partial charge in [-0.25, -0.2) is 0 Å². The van der Waals surface area contributed by atoms with E-state index in [2.05, 4.69) is 34.5 Å². The third-order valence-corrected chi connectivity index (χ3v) is 5.37. The third-order valence-electron chi connectivity index (χ3n) is 4.74. The quantitative estimate of drug-likeness (QED) is 0.857. The van der Waals surface area contributed by atoms with Crippen molar-refractivity contribution in [2.75, 3.05) is 36.4 Å². The van der Waals surface area contributed by atoms with Crippen molar-refractivity contribution >= 4 is 40.5 Å². The van der Waals surface area contributed by atoms with E-state index in [0.29, 0.717) is 15.7 Å². The van der Waals surface area contributed by atoms with Gasteiger partial charge in [0.1, 0.15) is 0 Å². The van der Waals surface area contributed by atoms with Gasteiger partial charge in [0, 0.05) is 5.69 Å². The molecule has 1 amide bonds. The Labute approximate surface area is 158 Å². The maximum absolute atomic E-state index is 12.6. The summed E-state index contributed by atoms with van der Waals surface area (Å²) in [6, 6.07) is 15.4. The number of nitrogens with zero attached hydrogens (tertiary/aromatic N) is 1. The summed E-state index contributed by atoms with van der Waals surface area (Å²) in [5, 5.41) is 3.79. The number of piperazine rings is 1. The lowest BCUT2D eigenvalue weighted by Crippen LogP contribution is -3.19. The van der Waals surface area contributed by atoms with Gasteiger partial charge in [-0.1, -0.05) is 47.5 Å². The largest absolute Gasteiger partial charge is 0.360 e. The van der Waals surface area contributed by atoms with Crippen LogP contribution in [0.2, 0.25) is 10.0 Å². The van der Waals surface area contributed by atoms with Crippen molar-refractivity contribution in [2.45, 2.75) is 13.0 Å². The van der Waals surface area contributed by atoms with Crippen LogP contribution in [0.5, 0.6) is 0 Å². The molecule has 2 aromatic rings. The lowest BCUT2D eigenvalue weighted by atomic mass is 10.2.